The van der Waals surface area contributed by atoms with E-state index in [-0.39, 0.29) is 12.1 Å². The van der Waals surface area contributed by atoms with Crippen LogP contribution in [0.5, 0.6) is 0 Å². The summed E-state index contributed by atoms with van der Waals surface area (Å²) in [7, 11) is 0. The van der Waals surface area contributed by atoms with Crippen molar-refractivity contribution in [3.63, 3.8) is 0 Å². The van der Waals surface area contributed by atoms with Gasteiger partial charge in [0.1, 0.15) is 6.10 Å². The highest BCUT2D eigenvalue weighted by Crippen LogP contribution is 2.36. The average molecular weight is 303 g/mol. The molecule has 3 saturated heterocycles. The van der Waals surface area contributed by atoms with Crippen molar-refractivity contribution in [3.05, 3.63) is 11.6 Å². The summed E-state index contributed by atoms with van der Waals surface area (Å²) in [5.41, 5.74) is -1.04. The third kappa shape index (κ3) is 2.57. The summed E-state index contributed by atoms with van der Waals surface area (Å²) in [5, 5.41) is 10.8. The highest BCUT2D eigenvalue weighted by Gasteiger charge is 2.47. The molecule has 1 N–H and O–H groups in total. The Morgan fingerprint density at radius 3 is 2.73 bits per heavy atom. The van der Waals surface area contributed by atoms with Gasteiger partial charge in [0.25, 0.3) is 0 Å². The third-order valence-corrected chi connectivity index (χ3v) is 5.44. The van der Waals surface area contributed by atoms with Crippen molar-refractivity contribution in [3.8, 4) is 11.8 Å². The maximum Gasteiger partial charge on any atom is 0.355 e. The van der Waals surface area contributed by atoms with Crippen LogP contribution in [0.4, 0.5) is 0 Å². The van der Waals surface area contributed by atoms with E-state index < -0.39 is 11.6 Å². The monoisotopic (exact) mass is 303 g/mol. The van der Waals surface area contributed by atoms with Crippen molar-refractivity contribution in [1.29, 1.82) is 0 Å². The van der Waals surface area contributed by atoms with E-state index in [2.05, 4.69) is 23.7 Å². The van der Waals surface area contributed by atoms with Gasteiger partial charge in [-0.15, -0.1) is 5.92 Å². The zero-order valence-electron chi connectivity index (χ0n) is 13.5. The van der Waals surface area contributed by atoms with E-state index in [0.717, 1.165) is 45.2 Å². The zero-order valence-corrected chi connectivity index (χ0v) is 13.5. The summed E-state index contributed by atoms with van der Waals surface area (Å²) in [4.78, 5) is 15.1. The Morgan fingerprint density at radius 2 is 2.18 bits per heavy atom. The zero-order chi connectivity index (χ0) is 15.7. The van der Waals surface area contributed by atoms with Crippen LogP contribution >= 0.6 is 0 Å². The Hall–Kier alpha value is -1.31. The predicted molar refractivity (Wildman–Crippen MR) is 84.0 cm³/mol. The van der Waals surface area contributed by atoms with Crippen LogP contribution in [0.15, 0.2) is 11.6 Å². The first kappa shape index (κ1) is 15.6. The summed E-state index contributed by atoms with van der Waals surface area (Å²) < 4.78 is 5.79. The van der Waals surface area contributed by atoms with Crippen LogP contribution in [0.2, 0.25) is 0 Å². The standard InChI is InChI=1S/C18H25NO3/c1-3-10-18(21,15-6-4-5-7-15)17(20)22-16-13(2)19-11-8-14(16)9-12-19/h6,13-14,16,21H,4-5,7-9,11-12H2,1-2H3/t13-,16+,18-/m0/s1. The molecule has 0 radical (unpaired) electrons. The van der Waals surface area contributed by atoms with Crippen molar-refractivity contribution < 1.29 is 14.6 Å². The molecule has 0 aromatic rings. The van der Waals surface area contributed by atoms with E-state index in [9.17, 15) is 9.90 Å². The molecule has 1 aliphatic carbocycles. The van der Waals surface area contributed by atoms with E-state index in [1.807, 2.05) is 6.08 Å². The van der Waals surface area contributed by atoms with Gasteiger partial charge < -0.3 is 9.84 Å². The van der Waals surface area contributed by atoms with Gasteiger partial charge in [-0.3, -0.25) is 4.90 Å². The molecule has 22 heavy (non-hydrogen) atoms. The Labute approximate surface area is 132 Å². The quantitative estimate of drug-likeness (QED) is 0.491. The van der Waals surface area contributed by atoms with Gasteiger partial charge >= 0.3 is 5.97 Å². The second-order valence-corrected chi connectivity index (χ2v) is 6.69. The molecular weight excluding hydrogens is 278 g/mol. The molecule has 0 spiro atoms. The van der Waals surface area contributed by atoms with Crippen LogP contribution in [-0.4, -0.2) is 46.8 Å². The fourth-order valence-electron chi connectivity index (χ4n) is 4.10. The minimum Gasteiger partial charge on any atom is -0.457 e. The number of nitrogens with zero attached hydrogens (tertiary/aromatic N) is 1. The normalized spacial score (nSPS) is 36.0. The lowest BCUT2D eigenvalue weighted by Crippen LogP contribution is -2.59. The summed E-state index contributed by atoms with van der Waals surface area (Å²) >= 11 is 0. The molecule has 0 amide bonds. The van der Waals surface area contributed by atoms with Crippen molar-refractivity contribution in [2.24, 2.45) is 5.92 Å². The van der Waals surface area contributed by atoms with Gasteiger partial charge in [-0.05, 0) is 70.5 Å². The topological polar surface area (TPSA) is 49.8 Å². The lowest BCUT2D eigenvalue weighted by atomic mass is 9.81. The molecule has 120 valence electrons. The van der Waals surface area contributed by atoms with Crippen LogP contribution in [-0.2, 0) is 9.53 Å². The highest BCUT2D eigenvalue weighted by atomic mass is 16.6. The van der Waals surface area contributed by atoms with Gasteiger partial charge in [0.05, 0.1) is 0 Å². The molecule has 3 heterocycles. The number of ether oxygens (including phenoxy) is 1. The maximum absolute atomic E-state index is 12.7. The van der Waals surface area contributed by atoms with Crippen molar-refractivity contribution >= 4 is 5.97 Å². The van der Waals surface area contributed by atoms with Crippen LogP contribution in [0.25, 0.3) is 0 Å². The minimum atomic E-state index is -1.75. The molecule has 0 aromatic carbocycles. The SMILES string of the molecule is CC#C[C@@](O)(C(=O)O[C@H]1C2CCN(CC2)[C@H]1C)C1=CCCC1. The van der Waals surface area contributed by atoms with Gasteiger partial charge in [0.15, 0.2) is 0 Å². The van der Waals surface area contributed by atoms with Crippen molar-refractivity contribution in [1.82, 2.24) is 4.90 Å². The summed E-state index contributed by atoms with van der Waals surface area (Å²) in [5.74, 6) is 5.23. The van der Waals surface area contributed by atoms with Gasteiger partial charge in [0.2, 0.25) is 5.60 Å². The molecular formula is C18H25NO3. The summed E-state index contributed by atoms with van der Waals surface area (Å²) in [6.07, 6.45) is 6.54. The maximum atomic E-state index is 12.7. The smallest absolute Gasteiger partial charge is 0.355 e. The first-order chi connectivity index (χ1) is 10.6. The first-order valence-corrected chi connectivity index (χ1v) is 8.37. The van der Waals surface area contributed by atoms with E-state index in [1.165, 1.54) is 0 Å². The average Bonchev–Trinajstić information content (AvgIpc) is 3.06. The Kier molecular flexibility index (Phi) is 4.29. The van der Waals surface area contributed by atoms with Gasteiger partial charge in [-0.1, -0.05) is 12.0 Å². The number of piperidine rings is 3. The Balaban J connectivity index is 1.78. The highest BCUT2D eigenvalue weighted by molar-refractivity contribution is 5.88. The number of carbonyl (C=O) groups excluding carboxylic acids is 1. The molecule has 2 bridgehead atoms. The van der Waals surface area contributed by atoms with E-state index in [1.54, 1.807) is 6.92 Å². The minimum absolute atomic E-state index is 0.123. The lowest BCUT2D eigenvalue weighted by molar-refractivity contribution is -0.177. The van der Waals surface area contributed by atoms with E-state index >= 15 is 0 Å². The van der Waals surface area contributed by atoms with Gasteiger partial charge in [-0.2, -0.15) is 0 Å². The molecule has 4 rings (SSSR count). The first-order valence-electron chi connectivity index (χ1n) is 8.37. The van der Waals surface area contributed by atoms with Crippen molar-refractivity contribution in [2.75, 3.05) is 13.1 Å². The Morgan fingerprint density at radius 1 is 1.45 bits per heavy atom. The predicted octanol–water partition coefficient (Wildman–Crippen LogP) is 1.88. The van der Waals surface area contributed by atoms with Gasteiger partial charge in [0, 0.05) is 6.04 Å². The van der Waals surface area contributed by atoms with Crippen LogP contribution < -0.4 is 0 Å². The largest absolute Gasteiger partial charge is 0.457 e. The molecule has 3 aliphatic heterocycles. The molecule has 0 unspecified atom stereocenters. The molecule has 4 heteroatoms. The number of esters is 1. The second kappa shape index (κ2) is 6.06. The fraction of sp³-hybridized carbons (Fsp3) is 0.722. The molecule has 0 saturated carbocycles. The molecule has 4 nitrogen and oxygen atoms in total. The van der Waals surface area contributed by atoms with Crippen molar-refractivity contribution in [2.45, 2.75) is 63.7 Å². The van der Waals surface area contributed by atoms with Crippen LogP contribution in [0.1, 0.15) is 46.0 Å². The third-order valence-electron chi connectivity index (χ3n) is 5.44. The van der Waals surface area contributed by atoms with Crippen LogP contribution in [0.3, 0.4) is 0 Å². The second-order valence-electron chi connectivity index (χ2n) is 6.69. The lowest BCUT2D eigenvalue weighted by Gasteiger charge is -2.49. The number of fused-ring (bicyclic) bond motifs is 3. The number of aliphatic hydroxyl groups is 1. The molecule has 3 fully saturated rings. The number of hydrogen-bond acceptors (Lipinski definition) is 4. The molecule has 4 aliphatic rings. The van der Waals surface area contributed by atoms with Gasteiger partial charge in [-0.25, -0.2) is 4.79 Å². The van der Waals surface area contributed by atoms with E-state index in [4.69, 9.17) is 4.74 Å². The number of allylic oxidation sites excluding steroid dienone is 1. The molecule has 0 aromatic heterocycles. The van der Waals surface area contributed by atoms with E-state index in [0.29, 0.717) is 11.5 Å². The summed E-state index contributed by atoms with van der Waals surface area (Å²) in [6.45, 7) is 5.93. The number of carbonyl (C=O) groups is 1. The number of hydrogen-bond donors (Lipinski definition) is 1. The fourth-order valence-corrected chi connectivity index (χ4v) is 4.10. The van der Waals surface area contributed by atoms with Crippen LogP contribution in [0, 0.1) is 17.8 Å². The Bertz CT molecular complexity index is 534. The molecule has 3 atom stereocenters. The summed E-state index contributed by atoms with van der Waals surface area (Å²) in [6, 6.07) is 0.229. The number of rotatable bonds is 3.